The fourth-order valence-electron chi connectivity index (χ4n) is 3.81. The van der Waals surface area contributed by atoms with E-state index in [9.17, 15) is 23.9 Å². The van der Waals surface area contributed by atoms with Gasteiger partial charge in [0.15, 0.2) is 5.82 Å². The quantitative estimate of drug-likeness (QED) is 0.381. The number of carboxylic acid groups (broad SMARTS) is 1. The first-order chi connectivity index (χ1) is 16.3. The Hall–Kier alpha value is -4.45. The number of pyridine rings is 1. The minimum atomic E-state index is -2.80. The molecule has 2 aromatic heterocycles. The van der Waals surface area contributed by atoms with E-state index in [0.29, 0.717) is 22.3 Å². The lowest BCUT2D eigenvalue weighted by Crippen LogP contribution is -2.11. The molecular weight excluding hydrogens is 440 g/mol. The van der Waals surface area contributed by atoms with Crippen molar-refractivity contribution >= 4 is 22.6 Å². The van der Waals surface area contributed by atoms with Gasteiger partial charge < -0.3 is 10.4 Å². The van der Waals surface area contributed by atoms with E-state index in [1.54, 1.807) is 24.3 Å². The Morgan fingerprint density at radius 3 is 2.50 bits per heavy atom. The van der Waals surface area contributed by atoms with Crippen molar-refractivity contribution in [1.29, 1.82) is 5.26 Å². The first-order valence-corrected chi connectivity index (χ1v) is 10.3. The Bertz CT molecular complexity index is 1430. The molecule has 0 saturated carbocycles. The molecule has 0 aliphatic carbocycles. The van der Waals surface area contributed by atoms with Crippen LogP contribution >= 0.6 is 0 Å². The number of anilines is 1. The SMILES string of the molecule is Cc1cc([C@H](C)Nc2ccccc2C(=O)O)c2cc(-c3cnc(C(F)F)nc3)c(C#N)nc2c1. The third kappa shape index (κ3) is 4.38. The normalized spacial score (nSPS) is 11.9. The average Bonchev–Trinajstić information content (AvgIpc) is 2.82. The maximum atomic E-state index is 12.9. The van der Waals surface area contributed by atoms with E-state index in [2.05, 4.69) is 26.3 Å². The van der Waals surface area contributed by atoms with Crippen molar-refractivity contribution in [3.8, 4) is 17.2 Å². The molecule has 1 atom stereocenters. The van der Waals surface area contributed by atoms with E-state index in [1.165, 1.54) is 18.5 Å². The highest BCUT2D eigenvalue weighted by Crippen LogP contribution is 2.33. The van der Waals surface area contributed by atoms with Crippen LogP contribution in [-0.4, -0.2) is 26.0 Å². The van der Waals surface area contributed by atoms with Gasteiger partial charge in [0.1, 0.15) is 11.8 Å². The zero-order valence-corrected chi connectivity index (χ0v) is 18.3. The molecule has 0 fully saturated rings. The van der Waals surface area contributed by atoms with Crippen molar-refractivity contribution in [3.05, 3.63) is 83.1 Å². The second-order valence-corrected chi connectivity index (χ2v) is 7.76. The third-order valence-electron chi connectivity index (χ3n) is 5.39. The number of halogens is 2. The first-order valence-electron chi connectivity index (χ1n) is 10.3. The van der Waals surface area contributed by atoms with Crippen molar-refractivity contribution in [1.82, 2.24) is 15.0 Å². The zero-order valence-electron chi connectivity index (χ0n) is 18.3. The van der Waals surface area contributed by atoms with E-state index >= 15 is 0 Å². The van der Waals surface area contributed by atoms with Crippen LogP contribution in [0.5, 0.6) is 0 Å². The number of fused-ring (bicyclic) bond motifs is 1. The summed E-state index contributed by atoms with van der Waals surface area (Å²) in [6.45, 7) is 3.80. The fourth-order valence-corrected chi connectivity index (χ4v) is 3.81. The molecule has 0 spiro atoms. The van der Waals surface area contributed by atoms with Gasteiger partial charge >= 0.3 is 5.97 Å². The van der Waals surface area contributed by atoms with Crippen LogP contribution in [0.15, 0.2) is 54.9 Å². The van der Waals surface area contributed by atoms with E-state index in [1.807, 2.05) is 26.0 Å². The lowest BCUT2D eigenvalue weighted by molar-refractivity contribution is 0.0698. The first kappa shape index (κ1) is 22.7. The van der Waals surface area contributed by atoms with E-state index in [-0.39, 0.29) is 17.3 Å². The van der Waals surface area contributed by atoms with Gasteiger partial charge in [-0.1, -0.05) is 18.2 Å². The number of nitriles is 1. The summed E-state index contributed by atoms with van der Waals surface area (Å²) in [6.07, 6.45) is -0.303. The van der Waals surface area contributed by atoms with Crippen molar-refractivity contribution in [2.75, 3.05) is 5.32 Å². The molecule has 0 amide bonds. The van der Waals surface area contributed by atoms with Gasteiger partial charge in [-0.25, -0.2) is 28.5 Å². The third-order valence-corrected chi connectivity index (χ3v) is 5.39. The summed E-state index contributed by atoms with van der Waals surface area (Å²) in [5.41, 5.74) is 3.87. The Morgan fingerprint density at radius 2 is 1.85 bits per heavy atom. The van der Waals surface area contributed by atoms with Gasteiger partial charge in [-0.3, -0.25) is 0 Å². The number of para-hydroxylation sites is 1. The number of nitrogens with one attached hydrogen (secondary N) is 1. The molecule has 9 heteroatoms. The maximum Gasteiger partial charge on any atom is 0.337 e. The highest BCUT2D eigenvalue weighted by Gasteiger charge is 2.18. The summed E-state index contributed by atoms with van der Waals surface area (Å²) in [6, 6.07) is 13.9. The van der Waals surface area contributed by atoms with Gasteiger partial charge in [0, 0.05) is 40.6 Å². The van der Waals surface area contributed by atoms with Gasteiger partial charge in [0.25, 0.3) is 6.43 Å². The molecule has 34 heavy (non-hydrogen) atoms. The van der Waals surface area contributed by atoms with Crippen LogP contribution < -0.4 is 5.32 Å². The van der Waals surface area contributed by atoms with Crippen LogP contribution in [0.25, 0.3) is 22.0 Å². The largest absolute Gasteiger partial charge is 0.478 e. The van der Waals surface area contributed by atoms with Gasteiger partial charge in [-0.05, 0) is 49.2 Å². The number of benzene rings is 2. The predicted molar refractivity (Wildman–Crippen MR) is 123 cm³/mol. The molecule has 0 aliphatic heterocycles. The van der Waals surface area contributed by atoms with Gasteiger partial charge in [-0.2, -0.15) is 5.26 Å². The summed E-state index contributed by atoms with van der Waals surface area (Å²) in [4.78, 5) is 23.5. The molecule has 170 valence electrons. The second kappa shape index (κ2) is 9.19. The molecule has 0 bridgehead atoms. The molecule has 0 radical (unpaired) electrons. The highest BCUT2D eigenvalue weighted by atomic mass is 19.3. The van der Waals surface area contributed by atoms with Crippen LogP contribution in [0.1, 0.15) is 52.4 Å². The average molecular weight is 459 g/mol. The Kier molecular flexibility index (Phi) is 6.15. The lowest BCUT2D eigenvalue weighted by atomic mass is 9.96. The van der Waals surface area contributed by atoms with E-state index < -0.39 is 18.2 Å². The summed E-state index contributed by atoms with van der Waals surface area (Å²) in [5.74, 6) is -1.64. The monoisotopic (exact) mass is 459 g/mol. The molecule has 7 nitrogen and oxygen atoms in total. The standard InChI is InChI=1S/C25H19F2N5O2/c1-13-7-17(14(2)31-20-6-4-3-5-16(20)25(33)34)19-9-18(22(10-28)32-21(19)8-13)15-11-29-24(23(26)27)30-12-15/h3-9,11-12,14,23,31H,1-2H3,(H,33,34)/t14-/m0/s1. The van der Waals surface area contributed by atoms with E-state index in [4.69, 9.17) is 0 Å². The number of aryl methyl sites for hydroxylation is 1. The predicted octanol–water partition coefficient (Wildman–Crippen LogP) is 5.68. The second-order valence-electron chi connectivity index (χ2n) is 7.76. The molecule has 0 unspecified atom stereocenters. The van der Waals surface area contributed by atoms with E-state index in [0.717, 1.165) is 16.5 Å². The van der Waals surface area contributed by atoms with Gasteiger partial charge in [0.2, 0.25) is 0 Å². The number of nitrogens with zero attached hydrogens (tertiary/aromatic N) is 4. The van der Waals surface area contributed by atoms with Crippen molar-refractivity contribution < 1.29 is 18.7 Å². The number of rotatable bonds is 6. The minimum Gasteiger partial charge on any atom is -0.478 e. The number of carboxylic acids is 1. The van der Waals surface area contributed by atoms with Crippen LogP contribution in [-0.2, 0) is 0 Å². The number of aromatic nitrogens is 3. The zero-order chi connectivity index (χ0) is 24.4. The topological polar surface area (TPSA) is 112 Å². The molecule has 0 aliphatic rings. The number of carbonyl (C=O) groups is 1. The van der Waals surface area contributed by atoms with Crippen molar-refractivity contribution in [3.63, 3.8) is 0 Å². The van der Waals surface area contributed by atoms with Crippen molar-refractivity contribution in [2.24, 2.45) is 0 Å². The highest BCUT2D eigenvalue weighted by molar-refractivity contribution is 5.94. The molecule has 4 aromatic rings. The summed E-state index contributed by atoms with van der Waals surface area (Å²) in [5, 5.41) is 23.1. The summed E-state index contributed by atoms with van der Waals surface area (Å²) < 4.78 is 25.7. The molecule has 4 rings (SSSR count). The number of hydrogen-bond acceptors (Lipinski definition) is 6. The Morgan fingerprint density at radius 1 is 1.15 bits per heavy atom. The fraction of sp³-hybridized carbons (Fsp3) is 0.160. The van der Waals surface area contributed by atoms with Crippen LogP contribution in [0.2, 0.25) is 0 Å². The van der Waals surface area contributed by atoms with Crippen molar-refractivity contribution in [2.45, 2.75) is 26.3 Å². The molecule has 2 heterocycles. The molecule has 2 N–H and O–H groups in total. The number of alkyl halides is 2. The summed E-state index contributed by atoms with van der Waals surface area (Å²) in [7, 11) is 0. The molecular formula is C25H19F2N5O2. The van der Waals surface area contributed by atoms with Crippen LogP contribution in [0.4, 0.5) is 14.5 Å². The Labute approximate surface area is 193 Å². The number of aromatic carboxylic acids is 1. The Balaban J connectivity index is 1.84. The number of hydrogen-bond donors (Lipinski definition) is 2. The summed E-state index contributed by atoms with van der Waals surface area (Å²) >= 11 is 0. The van der Waals surface area contributed by atoms with Crippen LogP contribution in [0, 0.1) is 18.3 Å². The molecule has 2 aromatic carbocycles. The van der Waals surface area contributed by atoms with Crippen LogP contribution in [0.3, 0.4) is 0 Å². The van der Waals surface area contributed by atoms with Gasteiger partial charge in [0.05, 0.1) is 11.1 Å². The van der Waals surface area contributed by atoms with Gasteiger partial charge in [-0.15, -0.1) is 0 Å². The lowest BCUT2D eigenvalue weighted by Gasteiger charge is -2.20. The smallest absolute Gasteiger partial charge is 0.337 e. The minimum absolute atomic E-state index is 0.120. The maximum absolute atomic E-state index is 12.9. The molecule has 0 saturated heterocycles.